The van der Waals surface area contributed by atoms with Gasteiger partial charge in [0.1, 0.15) is 0 Å². The molecule has 6 atom stereocenters. The van der Waals surface area contributed by atoms with Gasteiger partial charge in [0.2, 0.25) is 5.76 Å². The first-order valence-electron chi connectivity index (χ1n) is 21.9. The molecule has 0 saturated carbocycles. The van der Waals surface area contributed by atoms with Gasteiger partial charge in [-0.1, -0.05) is 142 Å². The highest BCUT2D eigenvalue weighted by Gasteiger charge is 2.47. The number of hydrogen-bond donors (Lipinski definition) is 6. The van der Waals surface area contributed by atoms with Crippen molar-refractivity contribution in [2.45, 2.75) is 119 Å². The minimum atomic E-state index is -2.15. The highest BCUT2D eigenvalue weighted by Crippen LogP contribution is 2.42. The van der Waals surface area contributed by atoms with Gasteiger partial charge < -0.3 is 49.6 Å². The normalized spacial score (nSPS) is 25.3. The van der Waals surface area contributed by atoms with E-state index in [9.17, 15) is 54.6 Å². The summed E-state index contributed by atoms with van der Waals surface area (Å²) in [5, 5.41) is 59.8. The van der Waals surface area contributed by atoms with E-state index < -0.39 is 100.0 Å². The minimum absolute atomic E-state index is 0.111. The zero-order chi connectivity index (χ0) is 51.0. The highest BCUT2D eigenvalue weighted by atomic mass is 16.6. The Bertz CT molecular complexity index is 2340. The molecule has 15 heteroatoms. The monoisotopic (exact) mass is 938 g/mol. The maximum Gasteiger partial charge on any atom is 0.378 e. The van der Waals surface area contributed by atoms with Crippen LogP contribution in [0.15, 0.2) is 165 Å². The number of carbonyl (C=O) groups is 5. The molecule has 4 rings (SSSR count). The molecule has 0 spiro atoms. The molecule has 2 aliphatic carbocycles. The van der Waals surface area contributed by atoms with E-state index in [-0.39, 0.29) is 18.6 Å². The summed E-state index contributed by atoms with van der Waals surface area (Å²) in [5.41, 5.74) is 5.01. The van der Waals surface area contributed by atoms with E-state index in [0.29, 0.717) is 11.1 Å². The molecule has 0 aromatic rings. The van der Waals surface area contributed by atoms with Crippen LogP contribution in [0.25, 0.3) is 0 Å². The van der Waals surface area contributed by atoms with Crippen molar-refractivity contribution in [1.82, 2.24) is 0 Å². The lowest BCUT2D eigenvalue weighted by Crippen LogP contribution is -2.44. The number of hydrogen-bond acceptors (Lipinski definition) is 15. The molecule has 68 heavy (non-hydrogen) atoms. The molecule has 4 aliphatic rings. The van der Waals surface area contributed by atoms with Crippen molar-refractivity contribution in [3.05, 3.63) is 165 Å². The SMILES string of the molecule is C=C1OC(C(O)C(=O)OC2CC(C)(C)C(/C=C/C(C)=C/C=C/C(C)=C/C=C/C=C(C)/C=C/C=C(C)/C=C/C3=C(C)C(=O)C(OC(=O)C(O)C4OC(=O)C(O)=C4O)CC3(C)C)=C(C)C2=O)C(O)=C1O. The molecule has 0 aromatic carbocycles. The minimum Gasteiger partial charge on any atom is -0.505 e. The van der Waals surface area contributed by atoms with Crippen LogP contribution < -0.4 is 0 Å². The summed E-state index contributed by atoms with van der Waals surface area (Å²) in [6.45, 7) is 22.1. The third-order valence-electron chi connectivity index (χ3n) is 11.8. The molecule has 0 bridgehead atoms. The largest absolute Gasteiger partial charge is 0.505 e. The van der Waals surface area contributed by atoms with Gasteiger partial charge >= 0.3 is 17.9 Å². The van der Waals surface area contributed by atoms with Crippen LogP contribution in [-0.4, -0.2) is 96.7 Å². The van der Waals surface area contributed by atoms with E-state index in [1.165, 1.54) is 0 Å². The van der Waals surface area contributed by atoms with E-state index in [2.05, 4.69) is 11.3 Å². The molecular weight excluding hydrogens is 877 g/mol. The summed E-state index contributed by atoms with van der Waals surface area (Å²) in [7, 11) is 0. The number of Topliss-reactive ketones (excluding diaryl/α,β-unsaturated/α-hetero) is 2. The second-order valence-electron chi connectivity index (χ2n) is 18.4. The average molecular weight is 939 g/mol. The van der Waals surface area contributed by atoms with Crippen LogP contribution in [0.5, 0.6) is 0 Å². The Morgan fingerprint density at radius 1 is 0.603 bits per heavy atom. The van der Waals surface area contributed by atoms with Crippen molar-refractivity contribution in [1.29, 1.82) is 0 Å². The molecule has 0 aromatic heterocycles. The van der Waals surface area contributed by atoms with Gasteiger partial charge in [-0.2, -0.15) is 0 Å². The Kier molecular flexibility index (Phi) is 17.5. The molecular formula is C53H62O15. The predicted octanol–water partition coefficient (Wildman–Crippen LogP) is 8.22. The van der Waals surface area contributed by atoms with Gasteiger partial charge in [-0.3, -0.25) is 9.59 Å². The van der Waals surface area contributed by atoms with E-state index in [0.717, 1.165) is 33.4 Å². The van der Waals surface area contributed by atoms with Crippen molar-refractivity contribution in [2.75, 3.05) is 0 Å². The lowest BCUT2D eigenvalue weighted by atomic mass is 9.71. The van der Waals surface area contributed by atoms with Crippen molar-refractivity contribution < 1.29 is 73.6 Å². The summed E-state index contributed by atoms with van der Waals surface area (Å²) in [5.74, 6) is -8.44. The fraction of sp³-hybridized carbons (Fsp3) is 0.377. The summed E-state index contributed by atoms with van der Waals surface area (Å²) in [4.78, 5) is 63.4. The van der Waals surface area contributed by atoms with Crippen LogP contribution in [0.3, 0.4) is 0 Å². The molecule has 2 heterocycles. The highest BCUT2D eigenvalue weighted by molar-refractivity contribution is 6.02. The number of aliphatic hydroxyl groups excluding tert-OH is 6. The molecule has 0 radical (unpaired) electrons. The summed E-state index contributed by atoms with van der Waals surface area (Å²) in [6, 6.07) is 0. The number of aliphatic hydroxyl groups is 6. The van der Waals surface area contributed by atoms with Gasteiger partial charge in [-0.05, 0) is 74.7 Å². The number of allylic oxidation sites excluding steroid dienone is 20. The van der Waals surface area contributed by atoms with Crippen LogP contribution in [0.4, 0.5) is 0 Å². The van der Waals surface area contributed by atoms with Crippen LogP contribution in [0.1, 0.15) is 82.1 Å². The van der Waals surface area contributed by atoms with Gasteiger partial charge in [0.15, 0.2) is 71.2 Å². The smallest absolute Gasteiger partial charge is 0.378 e. The Hall–Kier alpha value is -6.97. The van der Waals surface area contributed by atoms with E-state index in [1.54, 1.807) is 13.8 Å². The number of cyclic esters (lactones) is 1. The molecule has 0 amide bonds. The number of rotatable bonds is 16. The van der Waals surface area contributed by atoms with Crippen molar-refractivity contribution in [3.8, 4) is 0 Å². The summed E-state index contributed by atoms with van der Waals surface area (Å²) < 4.78 is 20.4. The number of esters is 3. The topological polar surface area (TPSA) is 244 Å². The van der Waals surface area contributed by atoms with E-state index >= 15 is 0 Å². The molecule has 6 unspecified atom stereocenters. The Morgan fingerprint density at radius 3 is 1.31 bits per heavy atom. The van der Waals surface area contributed by atoms with Gasteiger partial charge in [0.25, 0.3) is 0 Å². The molecule has 364 valence electrons. The Balaban J connectivity index is 1.28. The van der Waals surface area contributed by atoms with Gasteiger partial charge in [-0.25, -0.2) is 14.4 Å². The molecule has 0 saturated heterocycles. The molecule has 0 fully saturated rings. The maximum atomic E-state index is 13.3. The van der Waals surface area contributed by atoms with Crippen molar-refractivity contribution in [2.24, 2.45) is 10.8 Å². The average Bonchev–Trinajstić information content (AvgIpc) is 3.68. The zero-order valence-electron chi connectivity index (χ0n) is 40.0. The first kappa shape index (κ1) is 53.6. The second-order valence-corrected chi connectivity index (χ2v) is 18.4. The number of carbonyl (C=O) groups excluding carboxylic acids is 5. The number of ether oxygens (including phenoxy) is 4. The standard InChI is InChI=1S/C53H62O15/c1-28(18-14-20-30(3)22-24-35-32(5)39(54)37(26-52(35,8)9)66-50(63)45(60)47-42(57)41(56)34(7)65-47)16-12-13-17-29(2)19-15-21-31(4)23-25-36-33(6)40(55)38(27-53(36,10)11)67-51(64)46(61)48-43(58)44(59)49(62)68-48/h12-25,37-38,45-48,56-61H,7,26-27H2,1-6,8-11H3/b13-12+,18-14+,19-15+,24-22+,25-23+,28-16+,29-17+,30-20+,31-21+. The Morgan fingerprint density at radius 2 is 0.956 bits per heavy atom. The first-order chi connectivity index (χ1) is 31.7. The molecule has 15 nitrogen and oxygen atoms in total. The van der Waals surface area contributed by atoms with Crippen LogP contribution in [0.2, 0.25) is 0 Å². The number of ketones is 2. The Labute approximate surface area is 396 Å². The first-order valence-corrected chi connectivity index (χ1v) is 21.9. The van der Waals surface area contributed by atoms with Gasteiger partial charge in [-0.15, -0.1) is 0 Å². The maximum absolute atomic E-state index is 13.3. The van der Waals surface area contributed by atoms with Crippen molar-refractivity contribution >= 4 is 29.5 Å². The van der Waals surface area contributed by atoms with E-state index in [1.807, 2.05) is 140 Å². The molecule has 6 N–H and O–H groups in total. The van der Waals surface area contributed by atoms with Crippen LogP contribution in [-0.2, 0) is 42.9 Å². The fourth-order valence-electron chi connectivity index (χ4n) is 7.86. The molecule has 2 aliphatic heterocycles. The van der Waals surface area contributed by atoms with E-state index in [4.69, 9.17) is 14.2 Å². The summed E-state index contributed by atoms with van der Waals surface area (Å²) >= 11 is 0. The zero-order valence-corrected chi connectivity index (χ0v) is 40.0. The lowest BCUT2D eigenvalue weighted by molar-refractivity contribution is -0.172. The quantitative estimate of drug-likeness (QED) is 0.0485. The predicted molar refractivity (Wildman–Crippen MR) is 253 cm³/mol. The van der Waals surface area contributed by atoms with Gasteiger partial charge in [0, 0.05) is 12.8 Å². The van der Waals surface area contributed by atoms with Crippen LogP contribution in [0, 0.1) is 10.8 Å². The van der Waals surface area contributed by atoms with Gasteiger partial charge in [0.05, 0.1) is 0 Å². The van der Waals surface area contributed by atoms with Crippen molar-refractivity contribution in [3.63, 3.8) is 0 Å². The third kappa shape index (κ3) is 12.9. The lowest BCUT2D eigenvalue weighted by Gasteiger charge is -2.36. The second kappa shape index (κ2) is 22.2. The third-order valence-corrected chi connectivity index (χ3v) is 11.8. The fourth-order valence-corrected chi connectivity index (χ4v) is 7.86. The summed E-state index contributed by atoms with van der Waals surface area (Å²) in [6.07, 6.45) is 17.3. The van der Waals surface area contributed by atoms with Crippen LogP contribution >= 0.6 is 0 Å².